The van der Waals surface area contributed by atoms with Gasteiger partial charge in [0.25, 0.3) is 0 Å². The van der Waals surface area contributed by atoms with E-state index in [-0.39, 0.29) is 11.9 Å². The molecule has 1 aliphatic rings. The van der Waals surface area contributed by atoms with Crippen LogP contribution in [-0.4, -0.2) is 37.0 Å². The first-order chi connectivity index (χ1) is 9.65. The number of methoxy groups -OCH3 is 1. The standard InChI is InChI=1S/C16H22N2O2/c1-12-5-7-15(20-2)13(10-12)6-8-16(19)18-9-3-4-14(18)11-17/h5-8,10,14H,3-4,9,11,17H2,1-2H3. The molecule has 1 amide bonds. The van der Waals surface area contributed by atoms with Crippen molar-refractivity contribution in [2.45, 2.75) is 25.8 Å². The lowest BCUT2D eigenvalue weighted by Crippen LogP contribution is -2.38. The van der Waals surface area contributed by atoms with Gasteiger partial charge in [-0.1, -0.05) is 11.6 Å². The van der Waals surface area contributed by atoms with E-state index in [1.807, 2.05) is 36.1 Å². The van der Waals surface area contributed by atoms with Gasteiger partial charge in [-0.05, 0) is 38.0 Å². The Hall–Kier alpha value is -1.81. The maximum absolute atomic E-state index is 12.2. The zero-order chi connectivity index (χ0) is 14.5. The highest BCUT2D eigenvalue weighted by Gasteiger charge is 2.25. The summed E-state index contributed by atoms with van der Waals surface area (Å²) in [6.07, 6.45) is 5.48. The minimum absolute atomic E-state index is 0.0292. The molecule has 0 aliphatic carbocycles. The molecule has 1 saturated heterocycles. The number of aryl methyl sites for hydroxylation is 1. The SMILES string of the molecule is COc1ccc(C)cc1C=CC(=O)N1CCCC1CN. The molecule has 2 rings (SSSR count). The normalized spacial score (nSPS) is 18.8. The lowest BCUT2D eigenvalue weighted by atomic mass is 10.1. The molecule has 1 fully saturated rings. The van der Waals surface area contributed by atoms with Crippen LogP contribution in [0.1, 0.15) is 24.0 Å². The van der Waals surface area contributed by atoms with Crippen molar-refractivity contribution in [3.63, 3.8) is 0 Å². The molecule has 1 unspecified atom stereocenters. The fraction of sp³-hybridized carbons (Fsp3) is 0.438. The van der Waals surface area contributed by atoms with E-state index in [4.69, 9.17) is 10.5 Å². The Morgan fingerprint density at radius 1 is 1.55 bits per heavy atom. The second-order valence-corrected chi connectivity index (χ2v) is 5.14. The van der Waals surface area contributed by atoms with E-state index in [0.29, 0.717) is 6.54 Å². The van der Waals surface area contributed by atoms with Crippen molar-refractivity contribution in [3.8, 4) is 5.75 Å². The van der Waals surface area contributed by atoms with Gasteiger partial charge in [-0.3, -0.25) is 4.79 Å². The molecule has 0 saturated carbocycles. The van der Waals surface area contributed by atoms with Crippen molar-refractivity contribution in [3.05, 3.63) is 35.4 Å². The number of carbonyl (C=O) groups is 1. The molecule has 0 spiro atoms. The van der Waals surface area contributed by atoms with Crippen LogP contribution in [0.4, 0.5) is 0 Å². The monoisotopic (exact) mass is 274 g/mol. The van der Waals surface area contributed by atoms with E-state index in [1.54, 1.807) is 13.2 Å². The summed E-state index contributed by atoms with van der Waals surface area (Å²) < 4.78 is 5.30. The topological polar surface area (TPSA) is 55.6 Å². The third-order valence-electron chi connectivity index (χ3n) is 3.72. The molecular weight excluding hydrogens is 252 g/mol. The Balaban J connectivity index is 2.12. The van der Waals surface area contributed by atoms with E-state index in [2.05, 4.69) is 0 Å². The van der Waals surface area contributed by atoms with Crippen LogP contribution in [0.2, 0.25) is 0 Å². The smallest absolute Gasteiger partial charge is 0.246 e. The predicted octanol–water partition coefficient (Wildman–Crippen LogP) is 1.97. The molecular formula is C16H22N2O2. The van der Waals surface area contributed by atoms with Crippen molar-refractivity contribution in [1.82, 2.24) is 4.90 Å². The molecule has 2 N–H and O–H groups in total. The molecule has 0 radical (unpaired) electrons. The average Bonchev–Trinajstić information content (AvgIpc) is 2.93. The summed E-state index contributed by atoms with van der Waals surface area (Å²) in [5.74, 6) is 0.804. The first-order valence-corrected chi connectivity index (χ1v) is 6.99. The van der Waals surface area contributed by atoms with E-state index < -0.39 is 0 Å². The summed E-state index contributed by atoms with van der Waals surface area (Å²) in [5, 5.41) is 0. The number of rotatable bonds is 4. The quantitative estimate of drug-likeness (QED) is 0.854. The van der Waals surface area contributed by atoms with Crippen LogP contribution in [-0.2, 0) is 4.79 Å². The zero-order valence-corrected chi connectivity index (χ0v) is 12.1. The maximum atomic E-state index is 12.2. The van der Waals surface area contributed by atoms with E-state index in [0.717, 1.165) is 36.3 Å². The van der Waals surface area contributed by atoms with Crippen molar-refractivity contribution in [2.75, 3.05) is 20.2 Å². The number of nitrogens with zero attached hydrogens (tertiary/aromatic N) is 1. The van der Waals surface area contributed by atoms with E-state index in [1.165, 1.54) is 0 Å². The molecule has 1 heterocycles. The Morgan fingerprint density at radius 3 is 3.05 bits per heavy atom. The van der Waals surface area contributed by atoms with Crippen LogP contribution >= 0.6 is 0 Å². The Bertz CT molecular complexity index is 511. The Labute approximate surface area is 120 Å². The maximum Gasteiger partial charge on any atom is 0.246 e. The highest BCUT2D eigenvalue weighted by atomic mass is 16.5. The molecule has 20 heavy (non-hydrogen) atoms. The summed E-state index contributed by atoms with van der Waals surface area (Å²) in [7, 11) is 1.63. The molecule has 0 bridgehead atoms. The van der Waals surface area contributed by atoms with Gasteiger partial charge in [0.2, 0.25) is 5.91 Å². The third-order valence-corrected chi connectivity index (χ3v) is 3.72. The fourth-order valence-corrected chi connectivity index (χ4v) is 2.61. The largest absolute Gasteiger partial charge is 0.496 e. The van der Waals surface area contributed by atoms with Crippen LogP contribution in [0, 0.1) is 6.92 Å². The van der Waals surface area contributed by atoms with Gasteiger partial charge in [0.05, 0.1) is 7.11 Å². The van der Waals surface area contributed by atoms with E-state index >= 15 is 0 Å². The highest BCUT2D eigenvalue weighted by molar-refractivity contribution is 5.92. The molecule has 1 atom stereocenters. The Morgan fingerprint density at radius 2 is 2.35 bits per heavy atom. The van der Waals surface area contributed by atoms with Gasteiger partial charge >= 0.3 is 0 Å². The molecule has 4 heteroatoms. The Kier molecular flexibility index (Phi) is 4.79. The highest BCUT2D eigenvalue weighted by Crippen LogP contribution is 2.22. The molecule has 1 aliphatic heterocycles. The fourth-order valence-electron chi connectivity index (χ4n) is 2.61. The van der Waals surface area contributed by atoms with Crippen LogP contribution in [0.15, 0.2) is 24.3 Å². The van der Waals surface area contributed by atoms with Crippen LogP contribution in [0.3, 0.4) is 0 Å². The van der Waals surface area contributed by atoms with Crippen molar-refractivity contribution < 1.29 is 9.53 Å². The van der Waals surface area contributed by atoms with E-state index in [9.17, 15) is 4.79 Å². The number of ether oxygens (including phenoxy) is 1. The number of carbonyl (C=O) groups excluding carboxylic acids is 1. The van der Waals surface area contributed by atoms with Crippen LogP contribution in [0.5, 0.6) is 5.75 Å². The number of hydrogen-bond donors (Lipinski definition) is 1. The van der Waals surface area contributed by atoms with Gasteiger partial charge in [0.1, 0.15) is 5.75 Å². The summed E-state index contributed by atoms with van der Waals surface area (Å²) in [4.78, 5) is 14.1. The molecule has 1 aromatic carbocycles. The molecule has 108 valence electrons. The number of hydrogen-bond acceptors (Lipinski definition) is 3. The van der Waals surface area contributed by atoms with Gasteiger partial charge in [-0.25, -0.2) is 0 Å². The predicted molar refractivity (Wildman–Crippen MR) is 80.6 cm³/mol. The number of amides is 1. The summed E-state index contributed by atoms with van der Waals surface area (Å²) in [5.41, 5.74) is 7.76. The number of nitrogens with two attached hydrogens (primary N) is 1. The molecule has 1 aromatic rings. The van der Waals surface area contributed by atoms with Crippen molar-refractivity contribution in [1.29, 1.82) is 0 Å². The summed E-state index contributed by atoms with van der Waals surface area (Å²) in [6, 6.07) is 6.10. The number of likely N-dealkylation sites (tertiary alicyclic amines) is 1. The molecule has 4 nitrogen and oxygen atoms in total. The minimum Gasteiger partial charge on any atom is -0.496 e. The first kappa shape index (κ1) is 14.6. The van der Waals surface area contributed by atoms with Crippen molar-refractivity contribution >= 4 is 12.0 Å². The van der Waals surface area contributed by atoms with Crippen LogP contribution < -0.4 is 10.5 Å². The van der Waals surface area contributed by atoms with Gasteiger partial charge in [0, 0.05) is 30.8 Å². The number of benzene rings is 1. The van der Waals surface area contributed by atoms with Gasteiger partial charge < -0.3 is 15.4 Å². The minimum atomic E-state index is 0.0292. The average molecular weight is 274 g/mol. The first-order valence-electron chi connectivity index (χ1n) is 6.99. The summed E-state index contributed by atoms with van der Waals surface area (Å²) in [6.45, 7) is 3.35. The van der Waals surface area contributed by atoms with Crippen LogP contribution in [0.25, 0.3) is 6.08 Å². The van der Waals surface area contributed by atoms with Gasteiger partial charge in [0.15, 0.2) is 0 Å². The summed E-state index contributed by atoms with van der Waals surface area (Å²) >= 11 is 0. The van der Waals surface area contributed by atoms with Crippen molar-refractivity contribution in [2.24, 2.45) is 5.73 Å². The van der Waals surface area contributed by atoms with Gasteiger partial charge in [-0.15, -0.1) is 0 Å². The lowest BCUT2D eigenvalue weighted by Gasteiger charge is -2.21. The zero-order valence-electron chi connectivity index (χ0n) is 12.1. The van der Waals surface area contributed by atoms with Gasteiger partial charge in [-0.2, -0.15) is 0 Å². The molecule has 0 aromatic heterocycles. The third kappa shape index (κ3) is 3.20. The second-order valence-electron chi connectivity index (χ2n) is 5.14. The lowest BCUT2D eigenvalue weighted by molar-refractivity contribution is -0.126. The second kappa shape index (κ2) is 6.57.